The monoisotopic (exact) mass is 329 g/mol. The zero-order valence-electron chi connectivity index (χ0n) is 13.7. The number of phenolic OH excluding ortho intramolecular Hbond substituents is 1. The molecule has 0 saturated carbocycles. The Bertz CT molecular complexity index is 729. The van der Waals surface area contributed by atoms with Crippen LogP contribution in [0, 0.1) is 0 Å². The topological polar surface area (TPSA) is 76.1 Å². The molecular weight excluding hydrogens is 310 g/mol. The molecule has 2 aromatic rings. The molecule has 24 heavy (non-hydrogen) atoms. The van der Waals surface area contributed by atoms with Gasteiger partial charge in [0.25, 0.3) is 5.91 Å². The molecule has 0 saturated heterocycles. The lowest BCUT2D eigenvalue weighted by atomic mass is 10.2. The first-order valence-electron chi connectivity index (χ1n) is 7.34. The summed E-state index contributed by atoms with van der Waals surface area (Å²) < 4.78 is 10.2. The molecule has 0 bridgehead atoms. The zero-order valence-corrected chi connectivity index (χ0v) is 13.7. The highest BCUT2D eigenvalue weighted by Gasteiger charge is 2.24. The van der Waals surface area contributed by atoms with Crippen molar-refractivity contribution in [2.24, 2.45) is 0 Å². The van der Waals surface area contributed by atoms with E-state index in [4.69, 9.17) is 9.47 Å². The first-order valence-corrected chi connectivity index (χ1v) is 7.34. The highest BCUT2D eigenvalue weighted by molar-refractivity contribution is 5.99. The molecule has 2 rings (SSSR count). The number of phenols is 1. The first kappa shape index (κ1) is 17.3. The number of nitrogens with zero attached hydrogens (tertiary/aromatic N) is 1. The number of rotatable bonds is 5. The molecular formula is C18H19NO5. The number of carbonyl (C=O) groups is 2. The number of carbonyl (C=O) groups excluding carboxylic acids is 2. The molecule has 1 N–H and O–H groups in total. The van der Waals surface area contributed by atoms with Gasteiger partial charge >= 0.3 is 5.97 Å². The standard InChI is InChI=1S/C18H19NO5/c1-12(17(21)19(2)13-7-5-4-6-8-13)24-18(22)15-11-14(23-3)9-10-16(15)20/h4-12,20H,1-3H3/t12-/m0/s1. The van der Waals surface area contributed by atoms with Crippen LogP contribution in [-0.2, 0) is 9.53 Å². The van der Waals surface area contributed by atoms with Gasteiger partial charge in [0.1, 0.15) is 17.1 Å². The number of likely N-dealkylation sites (N-methyl/N-ethyl adjacent to an activating group) is 1. The molecule has 2 aromatic carbocycles. The Morgan fingerprint density at radius 3 is 2.42 bits per heavy atom. The van der Waals surface area contributed by atoms with Crippen LogP contribution in [0.4, 0.5) is 5.69 Å². The smallest absolute Gasteiger partial charge is 0.342 e. The quantitative estimate of drug-likeness (QED) is 0.853. The van der Waals surface area contributed by atoms with Crippen LogP contribution in [0.1, 0.15) is 17.3 Å². The third-order valence-electron chi connectivity index (χ3n) is 3.53. The third-order valence-corrected chi connectivity index (χ3v) is 3.53. The number of aromatic hydroxyl groups is 1. The maximum atomic E-state index is 12.4. The molecule has 0 fully saturated rings. The molecule has 6 heteroatoms. The second-order valence-corrected chi connectivity index (χ2v) is 5.16. The second kappa shape index (κ2) is 7.50. The van der Waals surface area contributed by atoms with E-state index in [1.165, 1.54) is 37.1 Å². The van der Waals surface area contributed by atoms with Crippen LogP contribution in [0.2, 0.25) is 0 Å². The summed E-state index contributed by atoms with van der Waals surface area (Å²) in [5.74, 6) is -1.01. The lowest BCUT2D eigenvalue weighted by Crippen LogP contribution is -2.37. The van der Waals surface area contributed by atoms with Crippen molar-refractivity contribution in [3.63, 3.8) is 0 Å². The van der Waals surface area contributed by atoms with Crippen molar-refractivity contribution in [1.82, 2.24) is 0 Å². The molecule has 6 nitrogen and oxygen atoms in total. The molecule has 0 unspecified atom stereocenters. The Morgan fingerprint density at radius 1 is 1.12 bits per heavy atom. The van der Waals surface area contributed by atoms with Crippen molar-refractivity contribution in [1.29, 1.82) is 0 Å². The van der Waals surface area contributed by atoms with Crippen LogP contribution >= 0.6 is 0 Å². The van der Waals surface area contributed by atoms with Gasteiger partial charge in [-0.2, -0.15) is 0 Å². The average Bonchev–Trinajstić information content (AvgIpc) is 2.61. The van der Waals surface area contributed by atoms with Crippen LogP contribution in [0.3, 0.4) is 0 Å². The van der Waals surface area contributed by atoms with Crippen molar-refractivity contribution < 1.29 is 24.2 Å². The fraction of sp³-hybridized carbons (Fsp3) is 0.222. The van der Waals surface area contributed by atoms with Gasteiger partial charge in [-0.1, -0.05) is 18.2 Å². The summed E-state index contributed by atoms with van der Waals surface area (Å²) >= 11 is 0. The maximum absolute atomic E-state index is 12.4. The van der Waals surface area contributed by atoms with Gasteiger partial charge in [0, 0.05) is 12.7 Å². The molecule has 0 spiro atoms. The summed E-state index contributed by atoms with van der Waals surface area (Å²) in [4.78, 5) is 26.0. The van der Waals surface area contributed by atoms with Crippen molar-refractivity contribution >= 4 is 17.6 Å². The maximum Gasteiger partial charge on any atom is 0.342 e. The van der Waals surface area contributed by atoms with Crippen molar-refractivity contribution in [2.45, 2.75) is 13.0 Å². The molecule has 126 valence electrons. The summed E-state index contributed by atoms with van der Waals surface area (Å²) in [6, 6.07) is 13.2. The van der Waals surface area contributed by atoms with E-state index in [0.717, 1.165) is 0 Å². The van der Waals surface area contributed by atoms with Crippen molar-refractivity contribution in [3.8, 4) is 11.5 Å². The van der Waals surface area contributed by atoms with Gasteiger partial charge in [-0.3, -0.25) is 4.79 Å². The van der Waals surface area contributed by atoms with E-state index in [1.807, 2.05) is 18.2 Å². The highest BCUT2D eigenvalue weighted by Crippen LogP contribution is 2.24. The summed E-state index contributed by atoms with van der Waals surface area (Å²) in [5.41, 5.74) is 0.631. The van der Waals surface area contributed by atoms with E-state index in [1.54, 1.807) is 19.2 Å². The number of methoxy groups -OCH3 is 1. The number of hydrogen-bond donors (Lipinski definition) is 1. The molecule has 0 aliphatic rings. The van der Waals surface area contributed by atoms with Crippen molar-refractivity contribution in [2.75, 3.05) is 19.1 Å². The number of anilines is 1. The Labute approximate surface area is 140 Å². The van der Waals surface area contributed by atoms with Gasteiger partial charge < -0.3 is 19.5 Å². The van der Waals surface area contributed by atoms with Crippen molar-refractivity contribution in [3.05, 3.63) is 54.1 Å². The van der Waals surface area contributed by atoms with Crippen LogP contribution in [0.5, 0.6) is 11.5 Å². The first-order chi connectivity index (χ1) is 11.4. The number of ether oxygens (including phenoxy) is 2. The zero-order chi connectivity index (χ0) is 17.7. The van der Waals surface area contributed by atoms with Crippen LogP contribution in [0.15, 0.2) is 48.5 Å². The van der Waals surface area contributed by atoms with Crippen LogP contribution in [-0.4, -0.2) is 37.2 Å². The molecule has 0 radical (unpaired) electrons. The van der Waals surface area contributed by atoms with Gasteiger partial charge in [0.15, 0.2) is 6.10 Å². The van der Waals surface area contributed by atoms with Gasteiger partial charge in [-0.25, -0.2) is 4.79 Å². The lowest BCUT2D eigenvalue weighted by Gasteiger charge is -2.21. The molecule has 0 aromatic heterocycles. The largest absolute Gasteiger partial charge is 0.507 e. The second-order valence-electron chi connectivity index (χ2n) is 5.16. The van der Waals surface area contributed by atoms with Gasteiger partial charge in [-0.05, 0) is 37.3 Å². The predicted molar refractivity (Wildman–Crippen MR) is 89.4 cm³/mol. The molecule has 1 amide bonds. The van der Waals surface area contributed by atoms with E-state index in [0.29, 0.717) is 11.4 Å². The summed E-state index contributed by atoms with van der Waals surface area (Å²) in [6.07, 6.45) is -1.01. The van der Waals surface area contributed by atoms with Crippen LogP contribution < -0.4 is 9.64 Å². The lowest BCUT2D eigenvalue weighted by molar-refractivity contribution is -0.126. The van der Waals surface area contributed by atoms with Gasteiger partial charge in [-0.15, -0.1) is 0 Å². The summed E-state index contributed by atoms with van der Waals surface area (Å²) in [7, 11) is 3.05. The Kier molecular flexibility index (Phi) is 5.42. The number of benzene rings is 2. The minimum absolute atomic E-state index is 0.0589. The van der Waals surface area contributed by atoms with E-state index < -0.39 is 12.1 Å². The third kappa shape index (κ3) is 3.84. The van der Waals surface area contributed by atoms with Gasteiger partial charge in [0.2, 0.25) is 0 Å². The minimum Gasteiger partial charge on any atom is -0.507 e. The number of amides is 1. The van der Waals surface area contributed by atoms with E-state index in [2.05, 4.69) is 0 Å². The average molecular weight is 329 g/mol. The molecule has 0 heterocycles. The summed E-state index contributed by atoms with van der Waals surface area (Å²) in [5, 5.41) is 9.79. The normalized spacial score (nSPS) is 11.5. The predicted octanol–water partition coefficient (Wildman–Crippen LogP) is 2.61. The minimum atomic E-state index is -1.01. The molecule has 0 aliphatic carbocycles. The number of hydrogen-bond acceptors (Lipinski definition) is 5. The van der Waals surface area contributed by atoms with Gasteiger partial charge in [0.05, 0.1) is 7.11 Å². The number of esters is 1. The van der Waals surface area contributed by atoms with E-state index in [-0.39, 0.29) is 17.2 Å². The fourth-order valence-corrected chi connectivity index (χ4v) is 2.13. The molecule has 0 aliphatic heterocycles. The Morgan fingerprint density at radius 2 is 1.79 bits per heavy atom. The summed E-state index contributed by atoms with van der Waals surface area (Å²) in [6.45, 7) is 1.48. The Balaban J connectivity index is 2.10. The fourth-order valence-electron chi connectivity index (χ4n) is 2.13. The van der Waals surface area contributed by atoms with E-state index >= 15 is 0 Å². The van der Waals surface area contributed by atoms with Crippen LogP contribution in [0.25, 0.3) is 0 Å². The SMILES string of the molecule is COc1ccc(O)c(C(=O)O[C@@H](C)C(=O)N(C)c2ccccc2)c1. The Hall–Kier alpha value is -3.02. The molecule has 1 atom stereocenters. The van der Waals surface area contributed by atoms with E-state index in [9.17, 15) is 14.7 Å². The highest BCUT2D eigenvalue weighted by atomic mass is 16.5. The number of para-hydroxylation sites is 1.